The van der Waals surface area contributed by atoms with Gasteiger partial charge in [-0.2, -0.15) is 0 Å². The minimum Gasteiger partial charge on any atom is -0.497 e. The van der Waals surface area contributed by atoms with Crippen molar-refractivity contribution in [2.24, 2.45) is 0 Å². The molecule has 0 aromatic heterocycles. The number of methoxy groups -OCH3 is 1. The molecule has 2 aromatic rings. The summed E-state index contributed by atoms with van der Waals surface area (Å²) in [7, 11) is 1.65. The van der Waals surface area contributed by atoms with E-state index in [4.69, 9.17) is 27.9 Å². The summed E-state index contributed by atoms with van der Waals surface area (Å²) < 4.78 is 5.17. The Kier molecular flexibility index (Phi) is 3.37. The smallest absolute Gasteiger partial charge is 0.119 e. The summed E-state index contributed by atoms with van der Waals surface area (Å²) in [4.78, 5) is 0. The van der Waals surface area contributed by atoms with Gasteiger partial charge in [0.15, 0.2) is 0 Å². The highest BCUT2D eigenvalue weighted by atomic mass is 35.5. The molecule has 0 amide bonds. The molecule has 2 rings (SSSR count). The molecule has 0 aliphatic rings. The molecule has 0 saturated heterocycles. The lowest BCUT2D eigenvalue weighted by Gasteiger charge is -2.05. The third-order valence-corrected chi connectivity index (χ3v) is 3.06. The van der Waals surface area contributed by atoms with E-state index in [0.29, 0.717) is 10.0 Å². The van der Waals surface area contributed by atoms with Crippen molar-refractivity contribution in [1.29, 1.82) is 0 Å². The molecule has 0 aliphatic carbocycles. The van der Waals surface area contributed by atoms with Crippen LogP contribution in [0, 0.1) is 0 Å². The second kappa shape index (κ2) is 4.77. The van der Waals surface area contributed by atoms with Gasteiger partial charge >= 0.3 is 0 Å². The van der Waals surface area contributed by atoms with Crippen molar-refractivity contribution in [3.05, 3.63) is 52.5 Å². The van der Waals surface area contributed by atoms with Crippen LogP contribution in [-0.2, 0) is 0 Å². The molecule has 0 atom stereocenters. The van der Waals surface area contributed by atoms with Gasteiger partial charge in [-0.1, -0.05) is 41.4 Å². The van der Waals surface area contributed by atoms with Gasteiger partial charge in [-0.25, -0.2) is 0 Å². The minimum atomic E-state index is 0.557. The quantitative estimate of drug-likeness (QED) is 0.755. The van der Waals surface area contributed by atoms with Crippen LogP contribution < -0.4 is 4.74 Å². The van der Waals surface area contributed by atoms with Crippen LogP contribution in [0.25, 0.3) is 11.1 Å². The number of benzene rings is 2. The highest BCUT2D eigenvalue weighted by Gasteiger charge is 2.02. The summed E-state index contributed by atoms with van der Waals surface area (Å²) in [6.07, 6.45) is 0. The predicted octanol–water partition coefficient (Wildman–Crippen LogP) is 4.67. The van der Waals surface area contributed by atoms with Crippen molar-refractivity contribution >= 4 is 23.2 Å². The van der Waals surface area contributed by atoms with Crippen LogP contribution >= 0.6 is 23.2 Å². The Morgan fingerprint density at radius 1 is 0.875 bits per heavy atom. The molecule has 3 heteroatoms. The standard InChI is InChI=1S/C13H10Cl2O/c1-16-11-4-2-3-9(7-11)10-5-6-12(14)13(15)8-10/h2-8H,1H3. The van der Waals surface area contributed by atoms with Crippen molar-refractivity contribution in [2.75, 3.05) is 7.11 Å². The van der Waals surface area contributed by atoms with E-state index in [9.17, 15) is 0 Å². The molecule has 0 saturated carbocycles. The SMILES string of the molecule is COc1cccc(-c2ccc(Cl)c(Cl)c2)c1. The largest absolute Gasteiger partial charge is 0.497 e. The van der Waals surface area contributed by atoms with Crippen molar-refractivity contribution in [3.8, 4) is 16.9 Å². The molecule has 2 aromatic carbocycles. The molecular weight excluding hydrogens is 243 g/mol. The van der Waals surface area contributed by atoms with Crippen molar-refractivity contribution in [1.82, 2.24) is 0 Å². The number of rotatable bonds is 2. The monoisotopic (exact) mass is 252 g/mol. The van der Waals surface area contributed by atoms with Gasteiger partial charge in [-0.3, -0.25) is 0 Å². The summed E-state index contributed by atoms with van der Waals surface area (Å²) in [5.41, 5.74) is 2.08. The van der Waals surface area contributed by atoms with E-state index in [1.54, 1.807) is 13.2 Å². The Hall–Kier alpha value is -1.18. The van der Waals surface area contributed by atoms with Crippen LogP contribution in [0.3, 0.4) is 0 Å². The zero-order valence-electron chi connectivity index (χ0n) is 8.71. The maximum atomic E-state index is 5.97. The maximum Gasteiger partial charge on any atom is 0.119 e. The highest BCUT2D eigenvalue weighted by Crippen LogP contribution is 2.29. The summed E-state index contributed by atoms with van der Waals surface area (Å²) in [5, 5.41) is 1.12. The second-order valence-corrected chi connectivity index (χ2v) is 4.18. The summed E-state index contributed by atoms with van der Waals surface area (Å²) in [6, 6.07) is 13.4. The Balaban J connectivity index is 2.46. The summed E-state index contributed by atoms with van der Waals surface area (Å²) >= 11 is 11.8. The minimum absolute atomic E-state index is 0.557. The molecule has 0 bridgehead atoms. The predicted molar refractivity (Wildman–Crippen MR) is 68.5 cm³/mol. The fourth-order valence-corrected chi connectivity index (χ4v) is 1.78. The molecule has 1 nitrogen and oxygen atoms in total. The van der Waals surface area contributed by atoms with Gasteiger partial charge in [0.25, 0.3) is 0 Å². The third-order valence-electron chi connectivity index (χ3n) is 2.32. The first-order chi connectivity index (χ1) is 7.70. The van der Waals surface area contributed by atoms with Crippen LogP contribution in [0.2, 0.25) is 10.0 Å². The molecule has 0 N–H and O–H groups in total. The Morgan fingerprint density at radius 2 is 1.62 bits per heavy atom. The number of hydrogen-bond acceptors (Lipinski definition) is 1. The van der Waals surface area contributed by atoms with Gasteiger partial charge < -0.3 is 4.74 Å². The Labute approximate surface area is 105 Å². The number of hydrogen-bond donors (Lipinski definition) is 0. The molecule has 0 heterocycles. The van der Waals surface area contributed by atoms with Crippen LogP contribution in [0.5, 0.6) is 5.75 Å². The van der Waals surface area contributed by atoms with E-state index in [1.165, 1.54) is 0 Å². The lowest BCUT2D eigenvalue weighted by Crippen LogP contribution is -1.83. The van der Waals surface area contributed by atoms with Crippen LogP contribution in [0.1, 0.15) is 0 Å². The molecule has 16 heavy (non-hydrogen) atoms. The molecule has 0 radical (unpaired) electrons. The fraction of sp³-hybridized carbons (Fsp3) is 0.0769. The van der Waals surface area contributed by atoms with E-state index in [1.807, 2.05) is 36.4 Å². The van der Waals surface area contributed by atoms with E-state index < -0.39 is 0 Å². The lowest BCUT2D eigenvalue weighted by molar-refractivity contribution is 0.415. The molecule has 0 aliphatic heterocycles. The zero-order chi connectivity index (χ0) is 11.5. The Bertz CT molecular complexity index is 509. The highest BCUT2D eigenvalue weighted by molar-refractivity contribution is 6.42. The molecule has 0 spiro atoms. The Morgan fingerprint density at radius 3 is 2.31 bits per heavy atom. The lowest BCUT2D eigenvalue weighted by atomic mass is 10.1. The van der Waals surface area contributed by atoms with Gasteiger partial charge in [0.2, 0.25) is 0 Å². The molecular formula is C13H10Cl2O. The number of ether oxygens (including phenoxy) is 1. The normalized spacial score (nSPS) is 10.2. The summed E-state index contributed by atoms with van der Waals surface area (Å²) in [5.74, 6) is 0.823. The molecule has 82 valence electrons. The van der Waals surface area contributed by atoms with Crippen molar-refractivity contribution in [3.63, 3.8) is 0 Å². The van der Waals surface area contributed by atoms with E-state index in [-0.39, 0.29) is 0 Å². The van der Waals surface area contributed by atoms with Crippen LogP contribution in [0.15, 0.2) is 42.5 Å². The second-order valence-electron chi connectivity index (χ2n) is 3.36. The molecule has 0 fully saturated rings. The molecule has 0 unspecified atom stereocenters. The number of halogens is 2. The average Bonchev–Trinajstić information content (AvgIpc) is 2.33. The fourth-order valence-electron chi connectivity index (χ4n) is 1.48. The first kappa shape index (κ1) is 11.3. The van der Waals surface area contributed by atoms with E-state index >= 15 is 0 Å². The average molecular weight is 253 g/mol. The van der Waals surface area contributed by atoms with Crippen LogP contribution in [0.4, 0.5) is 0 Å². The first-order valence-corrected chi connectivity index (χ1v) is 5.56. The van der Waals surface area contributed by atoms with Gasteiger partial charge in [0, 0.05) is 0 Å². The van der Waals surface area contributed by atoms with Crippen LogP contribution in [-0.4, -0.2) is 7.11 Å². The van der Waals surface area contributed by atoms with Gasteiger partial charge in [-0.15, -0.1) is 0 Å². The van der Waals surface area contributed by atoms with Gasteiger partial charge in [0.1, 0.15) is 5.75 Å². The first-order valence-electron chi connectivity index (χ1n) is 4.80. The van der Waals surface area contributed by atoms with Gasteiger partial charge in [0.05, 0.1) is 17.2 Å². The zero-order valence-corrected chi connectivity index (χ0v) is 10.2. The topological polar surface area (TPSA) is 9.23 Å². The van der Waals surface area contributed by atoms with Gasteiger partial charge in [-0.05, 0) is 35.4 Å². The maximum absolute atomic E-state index is 5.97. The van der Waals surface area contributed by atoms with E-state index in [2.05, 4.69) is 0 Å². The summed E-state index contributed by atoms with van der Waals surface area (Å²) in [6.45, 7) is 0. The van der Waals surface area contributed by atoms with Crippen molar-refractivity contribution < 1.29 is 4.74 Å². The van der Waals surface area contributed by atoms with Crippen molar-refractivity contribution in [2.45, 2.75) is 0 Å². The third kappa shape index (κ3) is 2.31. The van der Waals surface area contributed by atoms with E-state index in [0.717, 1.165) is 16.9 Å².